The smallest absolute Gasteiger partial charge is 0.410 e. The number of hydrogen-bond donors (Lipinski definition) is 6. The standard InChI is InChI=1S/C22H31N5O2.C17H23N5.C14H16ClN3.C9H18N2O2.C7H7ClO3S.C7H9N.C6H6Cl2N2.C5H4Cl2N2.CH2Cl2/c1-6-17-15-19(23-18-9-7-16(2)8-10-18)25-20(24-17)26-11-13-27(14-12-26)21(28)29-22(3,4)5;1-3-14-12-16(19-15-6-4-13(2)5-7-15)21-17(20-14)22-10-8-18-9-11-22;1-4-11-8-13(18-14(15)17-11)16-12-6-5-9(2)10(3)7-12;1-9(2,3)13-8(12)11-6-4-10-5-7-11;1-11-6-2-4-7(5-3-6)12(8,9)10;1-6-2-4-7(8)5-3-6;1-2-4-3-5(7)10-6(8)9-4;1-3-2-4(6)9-5(7)8-3;2-1-3/h7-10,15H,6,11-14H2,1-5H3,(H,23,24,25);4-7,12,18H,3,8-11H2,1-2H3,(H,19,20,21);5-8H,4H2,1-3H3,(H,16,17,18);10H,4-7H2,1-3H3;2-5H,1H3;2-5H,8H2,1H3;3H,2H2,1H3;2H,1H3;1H2. The lowest BCUT2D eigenvalue weighted by atomic mass is 10.1. The minimum absolute atomic E-state index is 0.0740. The molecule has 27 nitrogen and oxygen atoms in total. The van der Waals surface area contributed by atoms with E-state index in [1.807, 2.05) is 123 Å². The van der Waals surface area contributed by atoms with Crippen LogP contribution in [0.3, 0.4) is 0 Å². The number of benzene rings is 5. The fourth-order valence-corrected chi connectivity index (χ4v) is 12.8. The summed E-state index contributed by atoms with van der Waals surface area (Å²) in [6, 6.07) is 45.7. The lowest BCUT2D eigenvalue weighted by Gasteiger charge is -2.35. The molecule has 10 aromatic rings. The number of carbonyl (C=O) groups excluding carboxylic acids is 2. The van der Waals surface area contributed by atoms with Gasteiger partial charge in [-0.3, -0.25) is 0 Å². The first-order valence-corrected chi connectivity index (χ1v) is 45.5. The van der Waals surface area contributed by atoms with Crippen LogP contribution in [-0.4, -0.2) is 182 Å². The molecular weight excluding hydrogens is 1760 g/mol. The quantitative estimate of drug-likeness (QED) is 0.0194. The van der Waals surface area contributed by atoms with Gasteiger partial charge in [-0.25, -0.2) is 57.9 Å². The number of alkyl halides is 2. The number of aryl methyl sites for hydroxylation is 10. The third kappa shape index (κ3) is 41.8. The van der Waals surface area contributed by atoms with Gasteiger partial charge in [0.1, 0.15) is 44.7 Å². The minimum atomic E-state index is -3.61. The highest BCUT2D eigenvalue weighted by atomic mass is 35.7. The summed E-state index contributed by atoms with van der Waals surface area (Å²) in [5, 5.41) is 18.2. The second kappa shape index (κ2) is 54.0. The van der Waals surface area contributed by atoms with Crippen LogP contribution in [-0.2, 0) is 44.2 Å². The van der Waals surface area contributed by atoms with E-state index in [2.05, 4.69) is 161 Å². The Morgan fingerprint density at radius 3 is 1.19 bits per heavy atom. The van der Waals surface area contributed by atoms with Crippen LogP contribution in [0.25, 0.3) is 0 Å². The van der Waals surface area contributed by atoms with Gasteiger partial charge in [-0.05, 0) is 240 Å². The number of carbonyl (C=O) groups is 2. The van der Waals surface area contributed by atoms with Gasteiger partial charge in [-0.1, -0.05) is 110 Å². The highest BCUT2D eigenvalue weighted by Crippen LogP contribution is 2.26. The monoisotopic (exact) mass is 1880 g/mol. The number of nitrogens with two attached hydrogens (primary N) is 1. The number of piperazine rings is 3. The molecule has 5 aromatic carbocycles. The molecule has 124 heavy (non-hydrogen) atoms. The van der Waals surface area contributed by atoms with Crippen LogP contribution in [0.15, 0.2) is 150 Å². The number of halogens is 8. The first-order chi connectivity index (χ1) is 58.7. The molecule has 8 heterocycles. The van der Waals surface area contributed by atoms with E-state index in [9.17, 15) is 18.0 Å². The Hall–Kier alpha value is -9.17. The molecule has 5 aromatic heterocycles. The van der Waals surface area contributed by atoms with Gasteiger partial charge in [0, 0.05) is 159 Å². The van der Waals surface area contributed by atoms with E-state index in [4.69, 9.17) is 127 Å². The van der Waals surface area contributed by atoms with E-state index in [1.165, 1.54) is 59.2 Å². The van der Waals surface area contributed by atoms with Gasteiger partial charge in [-0.2, -0.15) is 9.97 Å². The Balaban J connectivity index is 0.000000260. The SMILES string of the molecule is CC(C)(C)OC(=O)N1CCNCC1.CCc1cc(Cl)nc(Cl)n1.CCc1cc(Nc2ccc(C)c(C)c2)nc(Cl)n1.CCc1cc(Nc2ccc(C)cc2)nc(N2CCN(C(=O)OC(C)(C)C)CC2)n1.CCc1cc(Nc2ccc(C)cc2)nc(N2CCNCC2)n1.COc1ccc(S(=O)(=O)Cl)cc1.Cc1cc(Cl)nc(Cl)n1.Cc1ccc(N)cc1.ClCCl. The lowest BCUT2D eigenvalue weighted by Crippen LogP contribution is -2.50. The molecule has 0 aliphatic carbocycles. The molecule has 0 atom stereocenters. The van der Waals surface area contributed by atoms with Crippen molar-refractivity contribution in [2.45, 2.75) is 153 Å². The van der Waals surface area contributed by atoms with E-state index in [-0.39, 0.29) is 43.9 Å². The number of anilines is 9. The Bertz CT molecular complexity index is 4920. The molecule has 0 radical (unpaired) electrons. The van der Waals surface area contributed by atoms with Gasteiger partial charge in [0.2, 0.25) is 27.7 Å². The zero-order chi connectivity index (χ0) is 91.7. The summed E-state index contributed by atoms with van der Waals surface area (Å²) in [7, 11) is 2.98. The topological polar surface area (TPSA) is 324 Å². The van der Waals surface area contributed by atoms with Crippen LogP contribution >= 0.6 is 91.9 Å². The van der Waals surface area contributed by atoms with Crippen molar-refractivity contribution in [3.8, 4) is 5.75 Å². The molecule has 3 aliphatic heterocycles. The summed E-state index contributed by atoms with van der Waals surface area (Å²) in [5.74, 6) is 4.50. The summed E-state index contributed by atoms with van der Waals surface area (Å²) >= 11 is 37.5. The van der Waals surface area contributed by atoms with Crippen molar-refractivity contribution in [2.75, 3.05) is 122 Å². The fourth-order valence-electron chi connectivity index (χ4n) is 10.9. The molecule has 2 amide bonds. The average Bonchev–Trinajstić information content (AvgIpc) is 0.810. The van der Waals surface area contributed by atoms with E-state index < -0.39 is 14.7 Å². The Kier molecular flexibility index (Phi) is 45.9. The maximum atomic E-state index is 12.3. The maximum Gasteiger partial charge on any atom is 0.410 e. The number of nitrogens with one attached hydrogen (secondary N) is 5. The number of nitrogen functional groups attached to an aromatic ring is 1. The average molecular weight is 1880 g/mol. The molecule has 3 aliphatic rings. The molecular formula is C88H116Cl8N20O7S. The number of rotatable bonds is 14. The molecule has 7 N–H and O–H groups in total. The van der Waals surface area contributed by atoms with Gasteiger partial charge < -0.3 is 66.1 Å². The Labute approximate surface area is 770 Å². The lowest BCUT2D eigenvalue weighted by molar-refractivity contribution is 0.0223. The molecule has 0 unspecified atom stereocenters. The zero-order valence-electron chi connectivity index (χ0n) is 73.5. The van der Waals surface area contributed by atoms with E-state index in [1.54, 1.807) is 28.9 Å². The Morgan fingerprint density at radius 1 is 0.435 bits per heavy atom. The number of ether oxygens (including phenoxy) is 3. The number of aromatic nitrogens is 10. The minimum Gasteiger partial charge on any atom is -0.497 e. The van der Waals surface area contributed by atoms with Crippen molar-refractivity contribution in [1.82, 2.24) is 70.3 Å². The number of nitrogens with zero attached hydrogens (tertiary/aromatic N) is 14. The molecule has 3 saturated heterocycles. The van der Waals surface area contributed by atoms with Gasteiger partial charge in [0.15, 0.2) is 0 Å². The van der Waals surface area contributed by atoms with Gasteiger partial charge in [-0.15, -0.1) is 23.2 Å². The summed E-state index contributed by atoms with van der Waals surface area (Å²) in [4.78, 5) is 73.9. The van der Waals surface area contributed by atoms with Crippen molar-refractivity contribution < 1.29 is 32.2 Å². The van der Waals surface area contributed by atoms with Crippen LogP contribution in [0.2, 0.25) is 26.2 Å². The predicted molar refractivity (Wildman–Crippen MR) is 510 cm³/mol. The molecule has 0 bridgehead atoms. The van der Waals surface area contributed by atoms with E-state index in [0.717, 1.165) is 153 Å². The second-order valence-electron chi connectivity index (χ2n) is 30.0. The van der Waals surface area contributed by atoms with Gasteiger partial charge in [0.25, 0.3) is 9.05 Å². The Morgan fingerprint density at radius 2 is 0.798 bits per heavy atom. The second-order valence-corrected chi connectivity index (χ2v) is 35.2. The highest BCUT2D eigenvalue weighted by molar-refractivity contribution is 8.13. The molecule has 13 rings (SSSR count). The van der Waals surface area contributed by atoms with Crippen LogP contribution in [0, 0.1) is 41.5 Å². The van der Waals surface area contributed by atoms with Crippen molar-refractivity contribution >= 4 is 165 Å². The molecule has 0 saturated carbocycles. The van der Waals surface area contributed by atoms with Crippen LogP contribution in [0.4, 0.5) is 61.7 Å². The van der Waals surface area contributed by atoms with Crippen molar-refractivity contribution in [2.24, 2.45) is 0 Å². The van der Waals surface area contributed by atoms with Crippen LogP contribution in [0.1, 0.15) is 126 Å². The zero-order valence-corrected chi connectivity index (χ0v) is 80.4. The van der Waals surface area contributed by atoms with Crippen LogP contribution < -0.4 is 46.9 Å². The largest absolute Gasteiger partial charge is 0.497 e. The summed E-state index contributed by atoms with van der Waals surface area (Å²) < 4.78 is 37.1. The van der Waals surface area contributed by atoms with E-state index >= 15 is 0 Å². The third-order valence-corrected chi connectivity index (χ3v) is 19.7. The predicted octanol–water partition coefficient (Wildman–Crippen LogP) is 20.6. The van der Waals surface area contributed by atoms with Gasteiger partial charge >= 0.3 is 12.2 Å². The first-order valence-electron chi connectivity index (χ1n) is 40.3. The summed E-state index contributed by atoms with van der Waals surface area (Å²) in [5.41, 5.74) is 19.3. The summed E-state index contributed by atoms with van der Waals surface area (Å²) in [6.45, 7) is 41.3. The molecule has 672 valence electrons. The highest BCUT2D eigenvalue weighted by Gasteiger charge is 2.28. The molecule has 3 fully saturated rings. The fraction of sp³-hybridized carbons (Fsp3) is 0.409. The maximum absolute atomic E-state index is 12.3. The summed E-state index contributed by atoms with van der Waals surface area (Å²) in [6.07, 6.45) is 2.93. The number of methoxy groups -OCH3 is 1. The van der Waals surface area contributed by atoms with E-state index in [0.29, 0.717) is 48.2 Å². The number of hydrogen-bond acceptors (Lipinski definition) is 25. The van der Waals surface area contributed by atoms with Gasteiger partial charge in [0.05, 0.1) is 17.3 Å². The molecule has 36 heteroatoms. The van der Waals surface area contributed by atoms with Crippen molar-refractivity contribution in [3.63, 3.8) is 0 Å². The third-order valence-electron chi connectivity index (χ3n) is 17.5. The van der Waals surface area contributed by atoms with Crippen LogP contribution in [0.5, 0.6) is 5.75 Å². The number of amides is 2. The molecule has 0 spiro atoms. The van der Waals surface area contributed by atoms with Crippen molar-refractivity contribution in [3.05, 3.63) is 228 Å². The first kappa shape index (κ1) is 105. The van der Waals surface area contributed by atoms with Crippen molar-refractivity contribution in [1.29, 1.82) is 0 Å². The normalized spacial score (nSPS) is 12.8.